The van der Waals surface area contributed by atoms with E-state index in [-0.39, 0.29) is 6.54 Å². The van der Waals surface area contributed by atoms with E-state index < -0.39 is 6.10 Å². The second kappa shape index (κ2) is 9.37. The van der Waals surface area contributed by atoms with E-state index >= 15 is 0 Å². The molecule has 1 aromatic carbocycles. The molecule has 3 N–H and O–H groups in total. The first-order chi connectivity index (χ1) is 11.7. The fourth-order valence-electron chi connectivity index (χ4n) is 2.89. The second-order valence-corrected chi connectivity index (χ2v) is 6.01. The Balaban J connectivity index is 2.03. The summed E-state index contributed by atoms with van der Waals surface area (Å²) in [4.78, 5) is 4.53. The minimum absolute atomic E-state index is 0.276. The summed E-state index contributed by atoms with van der Waals surface area (Å²) >= 11 is 0. The Morgan fingerprint density at radius 2 is 1.83 bits per heavy atom. The molecule has 1 aliphatic rings. The van der Waals surface area contributed by atoms with Gasteiger partial charge in [-0.15, -0.1) is 0 Å². The van der Waals surface area contributed by atoms with E-state index in [0.717, 1.165) is 18.1 Å². The van der Waals surface area contributed by atoms with Crippen molar-refractivity contribution in [2.24, 2.45) is 4.99 Å². The number of aliphatic imine (C=N–C) groups is 1. The van der Waals surface area contributed by atoms with E-state index in [4.69, 9.17) is 9.47 Å². The molecule has 1 fully saturated rings. The van der Waals surface area contributed by atoms with Gasteiger partial charge in [0.1, 0.15) is 11.5 Å². The molecule has 6 heteroatoms. The molecular weight excluding hydrogens is 306 g/mol. The van der Waals surface area contributed by atoms with Crippen molar-refractivity contribution in [2.45, 2.75) is 44.8 Å². The number of benzene rings is 1. The summed E-state index contributed by atoms with van der Waals surface area (Å²) in [6, 6.07) is 5.88. The molecule has 0 heterocycles. The molecular formula is C18H29N3O3. The van der Waals surface area contributed by atoms with Crippen LogP contribution in [0.2, 0.25) is 0 Å². The largest absolute Gasteiger partial charge is 0.497 e. The zero-order valence-corrected chi connectivity index (χ0v) is 14.8. The van der Waals surface area contributed by atoms with E-state index in [9.17, 15) is 5.11 Å². The van der Waals surface area contributed by atoms with Crippen molar-refractivity contribution in [3.63, 3.8) is 0 Å². The normalized spacial score (nSPS) is 16.8. The molecule has 1 aromatic rings. The number of nitrogens with one attached hydrogen (secondary N) is 2. The van der Waals surface area contributed by atoms with Gasteiger partial charge in [-0.05, 0) is 37.5 Å². The average Bonchev–Trinajstić information content (AvgIpc) is 3.12. The third-order valence-electron chi connectivity index (χ3n) is 4.22. The lowest BCUT2D eigenvalue weighted by Crippen LogP contribution is -2.42. The molecule has 2 rings (SSSR count). The van der Waals surface area contributed by atoms with Crippen LogP contribution >= 0.6 is 0 Å². The number of methoxy groups -OCH3 is 2. The number of aliphatic hydroxyl groups excluding tert-OH is 1. The summed E-state index contributed by atoms with van der Waals surface area (Å²) in [5.74, 6) is 2.07. The lowest BCUT2D eigenvalue weighted by molar-refractivity contribution is 0.186. The number of aliphatic hydroxyl groups is 1. The minimum Gasteiger partial charge on any atom is -0.497 e. The second-order valence-electron chi connectivity index (χ2n) is 6.01. The van der Waals surface area contributed by atoms with Gasteiger partial charge in [0.15, 0.2) is 5.96 Å². The number of guanidine groups is 1. The summed E-state index contributed by atoms with van der Waals surface area (Å²) in [7, 11) is 3.19. The molecule has 1 aliphatic carbocycles. The van der Waals surface area contributed by atoms with Crippen molar-refractivity contribution in [1.29, 1.82) is 0 Å². The Kier molecular flexibility index (Phi) is 7.18. The van der Waals surface area contributed by atoms with Gasteiger partial charge >= 0.3 is 0 Å². The van der Waals surface area contributed by atoms with Crippen molar-refractivity contribution in [3.05, 3.63) is 23.8 Å². The first kappa shape index (κ1) is 18.4. The Labute approximate surface area is 144 Å². The molecule has 0 amide bonds. The van der Waals surface area contributed by atoms with Crippen LogP contribution in [0.15, 0.2) is 23.2 Å². The van der Waals surface area contributed by atoms with Gasteiger partial charge in [-0.2, -0.15) is 0 Å². The topological polar surface area (TPSA) is 75.1 Å². The fraction of sp³-hybridized carbons (Fsp3) is 0.611. The van der Waals surface area contributed by atoms with Gasteiger partial charge in [-0.1, -0.05) is 12.8 Å². The Bertz CT molecular complexity index is 520. The lowest BCUT2D eigenvalue weighted by Gasteiger charge is -2.18. The smallest absolute Gasteiger partial charge is 0.191 e. The molecule has 0 saturated heterocycles. The van der Waals surface area contributed by atoms with Crippen LogP contribution in [-0.2, 0) is 0 Å². The van der Waals surface area contributed by atoms with Crippen molar-refractivity contribution in [3.8, 4) is 11.5 Å². The predicted molar refractivity (Wildman–Crippen MR) is 95.9 cm³/mol. The maximum Gasteiger partial charge on any atom is 0.191 e. The zero-order chi connectivity index (χ0) is 17.4. The Hall–Kier alpha value is -1.95. The predicted octanol–water partition coefficient (Wildman–Crippen LogP) is 2.23. The van der Waals surface area contributed by atoms with Crippen molar-refractivity contribution < 1.29 is 14.6 Å². The van der Waals surface area contributed by atoms with Gasteiger partial charge in [0.05, 0.1) is 26.9 Å². The number of nitrogens with zero attached hydrogens (tertiary/aromatic N) is 1. The zero-order valence-electron chi connectivity index (χ0n) is 14.8. The average molecular weight is 335 g/mol. The third-order valence-corrected chi connectivity index (χ3v) is 4.22. The molecule has 134 valence electrons. The number of ether oxygens (including phenoxy) is 2. The van der Waals surface area contributed by atoms with E-state index in [1.165, 1.54) is 25.7 Å². The number of hydrogen-bond acceptors (Lipinski definition) is 4. The Morgan fingerprint density at radius 1 is 1.21 bits per heavy atom. The molecule has 1 unspecified atom stereocenters. The highest BCUT2D eigenvalue weighted by atomic mass is 16.5. The van der Waals surface area contributed by atoms with Crippen molar-refractivity contribution >= 4 is 5.96 Å². The van der Waals surface area contributed by atoms with Crippen LogP contribution in [0, 0.1) is 0 Å². The maximum absolute atomic E-state index is 10.5. The maximum atomic E-state index is 10.5. The monoisotopic (exact) mass is 335 g/mol. The molecule has 1 saturated carbocycles. The highest BCUT2D eigenvalue weighted by Crippen LogP contribution is 2.26. The first-order valence-corrected chi connectivity index (χ1v) is 8.62. The van der Waals surface area contributed by atoms with Crippen molar-refractivity contribution in [1.82, 2.24) is 10.6 Å². The molecule has 0 spiro atoms. The summed E-state index contributed by atoms with van der Waals surface area (Å²) in [5, 5.41) is 17.2. The minimum atomic E-state index is -0.715. The van der Waals surface area contributed by atoms with E-state index in [1.807, 2.05) is 6.92 Å². The number of hydrogen-bond donors (Lipinski definition) is 3. The quantitative estimate of drug-likeness (QED) is 0.526. The van der Waals surface area contributed by atoms with Gasteiger partial charge in [0.25, 0.3) is 0 Å². The van der Waals surface area contributed by atoms with Gasteiger partial charge < -0.3 is 25.2 Å². The highest BCUT2D eigenvalue weighted by molar-refractivity contribution is 5.80. The van der Waals surface area contributed by atoms with Crippen molar-refractivity contribution in [2.75, 3.05) is 27.3 Å². The summed E-state index contributed by atoms with van der Waals surface area (Å²) in [6.07, 6.45) is 4.18. The summed E-state index contributed by atoms with van der Waals surface area (Å²) < 4.78 is 10.5. The van der Waals surface area contributed by atoms with Gasteiger partial charge in [-0.3, -0.25) is 4.99 Å². The molecule has 6 nitrogen and oxygen atoms in total. The Morgan fingerprint density at radius 3 is 2.38 bits per heavy atom. The molecule has 24 heavy (non-hydrogen) atoms. The first-order valence-electron chi connectivity index (χ1n) is 8.62. The third kappa shape index (κ3) is 5.30. The number of rotatable bonds is 7. The molecule has 0 aliphatic heterocycles. The molecule has 0 bridgehead atoms. The van der Waals surface area contributed by atoms with Crippen LogP contribution in [0.25, 0.3) is 0 Å². The molecule has 0 radical (unpaired) electrons. The molecule has 0 aromatic heterocycles. The summed E-state index contributed by atoms with van der Waals surface area (Å²) in [5.41, 5.74) is 0.728. The van der Waals surface area contributed by atoms with Crippen LogP contribution in [0.5, 0.6) is 11.5 Å². The van der Waals surface area contributed by atoms with Crippen LogP contribution < -0.4 is 20.1 Å². The van der Waals surface area contributed by atoms with Crippen LogP contribution in [-0.4, -0.2) is 44.4 Å². The SMILES string of the molecule is CCNC(=NCC(O)c1cc(OC)cc(OC)c1)NC1CCCC1. The van der Waals surface area contributed by atoms with E-state index in [0.29, 0.717) is 17.5 Å². The van der Waals surface area contributed by atoms with E-state index in [2.05, 4.69) is 15.6 Å². The van der Waals surface area contributed by atoms with Gasteiger partial charge in [0, 0.05) is 18.7 Å². The summed E-state index contributed by atoms with van der Waals surface area (Å²) in [6.45, 7) is 3.11. The van der Waals surface area contributed by atoms with E-state index in [1.54, 1.807) is 32.4 Å². The van der Waals surface area contributed by atoms with Gasteiger partial charge in [-0.25, -0.2) is 0 Å². The standard InChI is InChI=1S/C18H29N3O3/c1-4-19-18(21-14-7-5-6-8-14)20-12-17(22)13-9-15(23-2)11-16(10-13)24-3/h9-11,14,17,22H,4-8,12H2,1-3H3,(H2,19,20,21). The molecule has 1 atom stereocenters. The van der Waals surface area contributed by atoms with Crippen LogP contribution in [0.3, 0.4) is 0 Å². The van der Waals surface area contributed by atoms with Crippen LogP contribution in [0.4, 0.5) is 0 Å². The lowest BCUT2D eigenvalue weighted by atomic mass is 10.1. The highest BCUT2D eigenvalue weighted by Gasteiger charge is 2.16. The van der Waals surface area contributed by atoms with Crippen LogP contribution in [0.1, 0.15) is 44.3 Å². The fourth-order valence-corrected chi connectivity index (χ4v) is 2.89. The van der Waals surface area contributed by atoms with Gasteiger partial charge in [0.2, 0.25) is 0 Å².